The van der Waals surface area contributed by atoms with Gasteiger partial charge in [-0.2, -0.15) is 0 Å². The van der Waals surface area contributed by atoms with E-state index in [0.717, 1.165) is 5.56 Å². The molecule has 0 unspecified atom stereocenters. The van der Waals surface area contributed by atoms with Gasteiger partial charge in [0, 0.05) is 30.1 Å². The highest BCUT2D eigenvalue weighted by atomic mass is 35.5. The summed E-state index contributed by atoms with van der Waals surface area (Å²) in [6, 6.07) is 14.1. The van der Waals surface area contributed by atoms with Crippen LogP contribution >= 0.6 is 11.6 Å². The second-order valence-electron chi connectivity index (χ2n) is 6.79. The molecule has 0 aromatic heterocycles. The monoisotopic (exact) mass is 387 g/mol. The molecular weight excluding hydrogens is 366 g/mol. The van der Waals surface area contributed by atoms with Crippen molar-refractivity contribution in [3.8, 4) is 0 Å². The Morgan fingerprint density at radius 2 is 1.81 bits per heavy atom. The van der Waals surface area contributed by atoms with Crippen LogP contribution < -0.4 is 10.2 Å². The van der Waals surface area contributed by atoms with E-state index in [-0.39, 0.29) is 28.5 Å². The third-order valence-electron chi connectivity index (χ3n) is 5.01. The van der Waals surface area contributed by atoms with E-state index in [1.165, 1.54) is 6.07 Å². The van der Waals surface area contributed by atoms with Gasteiger partial charge in [0.05, 0.1) is 11.0 Å². The van der Waals surface area contributed by atoms with E-state index < -0.39 is 0 Å². The third-order valence-corrected chi connectivity index (χ3v) is 5.27. The molecule has 7 heteroatoms. The molecule has 27 heavy (non-hydrogen) atoms. The lowest BCUT2D eigenvalue weighted by Gasteiger charge is -2.33. The lowest BCUT2D eigenvalue weighted by molar-refractivity contribution is -0.384. The Kier molecular flexibility index (Phi) is 5.96. The number of carbonyl (C=O) groups is 1. The molecule has 0 saturated carbocycles. The summed E-state index contributed by atoms with van der Waals surface area (Å²) in [5, 5.41) is 14.9. The summed E-state index contributed by atoms with van der Waals surface area (Å²) in [5.74, 6) is -0.0570. The zero-order valence-corrected chi connectivity index (χ0v) is 15.9. The number of piperidine rings is 1. The summed E-state index contributed by atoms with van der Waals surface area (Å²) in [4.78, 5) is 25.5. The first-order chi connectivity index (χ1) is 13.0. The van der Waals surface area contributed by atoms with Crippen LogP contribution in [0.2, 0.25) is 5.02 Å². The molecule has 1 heterocycles. The number of nitro benzene ring substituents is 1. The predicted molar refractivity (Wildman–Crippen MR) is 106 cm³/mol. The van der Waals surface area contributed by atoms with Crippen molar-refractivity contribution in [3.63, 3.8) is 0 Å². The minimum atomic E-state index is -0.359. The highest BCUT2D eigenvalue weighted by molar-refractivity contribution is 6.30. The van der Waals surface area contributed by atoms with Crippen LogP contribution in [0.15, 0.2) is 48.5 Å². The smallest absolute Gasteiger partial charge is 0.292 e. The average molecular weight is 388 g/mol. The van der Waals surface area contributed by atoms with Crippen molar-refractivity contribution in [2.75, 3.05) is 18.0 Å². The van der Waals surface area contributed by atoms with Gasteiger partial charge in [0.25, 0.3) is 5.69 Å². The lowest BCUT2D eigenvalue weighted by atomic mass is 9.94. The van der Waals surface area contributed by atoms with Crippen LogP contribution in [-0.4, -0.2) is 23.9 Å². The van der Waals surface area contributed by atoms with E-state index in [1.54, 1.807) is 18.2 Å². The molecule has 1 N–H and O–H groups in total. The van der Waals surface area contributed by atoms with Crippen molar-refractivity contribution in [1.29, 1.82) is 0 Å². The maximum Gasteiger partial charge on any atom is 0.292 e. The molecule has 1 aliphatic heterocycles. The largest absolute Gasteiger partial charge is 0.366 e. The number of anilines is 1. The van der Waals surface area contributed by atoms with Gasteiger partial charge in [-0.25, -0.2) is 0 Å². The SMILES string of the molecule is C[C@H](NC(=O)C1CCN(c2ccccc2[N+](=O)[O-])CC1)c1ccc(Cl)cc1. The van der Waals surface area contributed by atoms with Gasteiger partial charge in [-0.15, -0.1) is 0 Å². The van der Waals surface area contributed by atoms with Gasteiger partial charge < -0.3 is 10.2 Å². The fraction of sp³-hybridized carbons (Fsp3) is 0.350. The quantitative estimate of drug-likeness (QED) is 0.611. The maximum atomic E-state index is 12.6. The second-order valence-corrected chi connectivity index (χ2v) is 7.23. The van der Waals surface area contributed by atoms with Crippen LogP contribution in [0.4, 0.5) is 11.4 Å². The van der Waals surface area contributed by atoms with Crippen molar-refractivity contribution in [3.05, 3.63) is 69.2 Å². The Hall–Kier alpha value is -2.60. The van der Waals surface area contributed by atoms with E-state index in [2.05, 4.69) is 5.32 Å². The van der Waals surface area contributed by atoms with Crippen LogP contribution in [0.3, 0.4) is 0 Å². The standard InChI is InChI=1S/C20H22ClN3O3/c1-14(15-6-8-17(21)9-7-15)22-20(25)16-10-12-23(13-11-16)18-4-2-3-5-19(18)24(26)27/h2-9,14,16H,10-13H2,1H3,(H,22,25)/t14-/m0/s1. The fourth-order valence-corrected chi connectivity index (χ4v) is 3.56. The van der Waals surface area contributed by atoms with Gasteiger partial charge in [0.2, 0.25) is 5.91 Å². The van der Waals surface area contributed by atoms with Crippen molar-refractivity contribution in [2.24, 2.45) is 5.92 Å². The lowest BCUT2D eigenvalue weighted by Crippen LogP contribution is -2.41. The van der Waals surface area contributed by atoms with Crippen LogP contribution in [0, 0.1) is 16.0 Å². The number of nitrogens with zero attached hydrogens (tertiary/aromatic N) is 2. The second kappa shape index (κ2) is 8.39. The fourth-order valence-electron chi connectivity index (χ4n) is 3.43. The van der Waals surface area contributed by atoms with Gasteiger partial charge >= 0.3 is 0 Å². The first kappa shape index (κ1) is 19.2. The Balaban J connectivity index is 1.58. The van der Waals surface area contributed by atoms with Gasteiger partial charge in [0.1, 0.15) is 5.69 Å². The van der Waals surface area contributed by atoms with E-state index in [9.17, 15) is 14.9 Å². The van der Waals surface area contributed by atoms with E-state index in [0.29, 0.717) is 36.6 Å². The molecule has 1 saturated heterocycles. The molecule has 0 aliphatic carbocycles. The summed E-state index contributed by atoms with van der Waals surface area (Å²) >= 11 is 5.90. The molecule has 0 bridgehead atoms. The molecule has 2 aromatic rings. The Morgan fingerprint density at radius 3 is 2.44 bits per heavy atom. The Bertz CT molecular complexity index is 817. The van der Waals surface area contributed by atoms with E-state index in [4.69, 9.17) is 11.6 Å². The highest BCUT2D eigenvalue weighted by Gasteiger charge is 2.28. The van der Waals surface area contributed by atoms with Crippen LogP contribution in [0.1, 0.15) is 31.4 Å². The Morgan fingerprint density at radius 1 is 1.19 bits per heavy atom. The normalized spacial score (nSPS) is 16.0. The highest BCUT2D eigenvalue weighted by Crippen LogP contribution is 2.31. The number of amides is 1. The van der Waals surface area contributed by atoms with E-state index >= 15 is 0 Å². The molecule has 0 radical (unpaired) electrons. The molecule has 142 valence electrons. The molecule has 1 amide bonds. The van der Waals surface area contributed by atoms with Crippen molar-refractivity contribution in [2.45, 2.75) is 25.8 Å². The first-order valence-electron chi connectivity index (χ1n) is 9.00. The minimum Gasteiger partial charge on any atom is -0.366 e. The molecular formula is C20H22ClN3O3. The van der Waals surface area contributed by atoms with Crippen molar-refractivity contribution in [1.82, 2.24) is 5.32 Å². The summed E-state index contributed by atoms with van der Waals surface area (Å²) in [6.45, 7) is 3.19. The van der Waals surface area contributed by atoms with Crippen LogP contribution in [0.5, 0.6) is 0 Å². The van der Waals surface area contributed by atoms with Gasteiger partial charge in [-0.05, 0) is 43.5 Å². The topological polar surface area (TPSA) is 75.5 Å². The van der Waals surface area contributed by atoms with Crippen molar-refractivity contribution >= 4 is 28.9 Å². The van der Waals surface area contributed by atoms with Crippen LogP contribution in [-0.2, 0) is 4.79 Å². The molecule has 1 aliphatic rings. The number of nitro groups is 1. The van der Waals surface area contributed by atoms with E-state index in [1.807, 2.05) is 36.1 Å². The van der Waals surface area contributed by atoms with Gasteiger partial charge in [-0.1, -0.05) is 35.9 Å². The predicted octanol–water partition coefficient (Wildman–Crippen LogP) is 4.34. The zero-order chi connectivity index (χ0) is 19.4. The summed E-state index contributed by atoms with van der Waals surface area (Å²) < 4.78 is 0. The van der Waals surface area contributed by atoms with Crippen LogP contribution in [0.25, 0.3) is 0 Å². The average Bonchev–Trinajstić information content (AvgIpc) is 2.68. The number of hydrogen-bond donors (Lipinski definition) is 1. The maximum absolute atomic E-state index is 12.6. The number of benzene rings is 2. The van der Waals surface area contributed by atoms with Crippen molar-refractivity contribution < 1.29 is 9.72 Å². The number of para-hydroxylation sites is 2. The summed E-state index contributed by atoms with van der Waals surface area (Å²) in [7, 11) is 0. The number of nitrogens with one attached hydrogen (secondary N) is 1. The molecule has 3 rings (SSSR count). The minimum absolute atomic E-state index is 0.0275. The molecule has 2 aromatic carbocycles. The van der Waals surface area contributed by atoms with Gasteiger partial charge in [-0.3, -0.25) is 14.9 Å². The summed E-state index contributed by atoms with van der Waals surface area (Å²) in [6.07, 6.45) is 1.34. The molecule has 6 nitrogen and oxygen atoms in total. The molecule has 0 spiro atoms. The first-order valence-corrected chi connectivity index (χ1v) is 9.37. The third kappa shape index (κ3) is 4.57. The number of hydrogen-bond acceptors (Lipinski definition) is 4. The molecule has 1 fully saturated rings. The molecule has 1 atom stereocenters. The summed E-state index contributed by atoms with van der Waals surface area (Å²) in [5.41, 5.74) is 1.73. The zero-order valence-electron chi connectivity index (χ0n) is 15.1. The van der Waals surface area contributed by atoms with Gasteiger partial charge in [0.15, 0.2) is 0 Å². The number of rotatable bonds is 5. The number of carbonyl (C=O) groups excluding carboxylic acids is 1. The Labute approximate surface area is 163 Å². The number of halogens is 1.